The average Bonchev–Trinajstić information content (AvgIpc) is 1.60. The average molecular weight is 1900 g/mol. The van der Waals surface area contributed by atoms with Gasteiger partial charge in [-0.05, 0) is 192 Å². The number of rotatable bonds is 22. The molecule has 3 aliphatic rings. The molecule has 14 rings (SSSR count). The number of nitrogens with zero attached hydrogens (tertiary/aromatic N) is 10. The number of hydrogen-bond donors (Lipinski definition) is 7. The molecule has 115 heavy (non-hydrogen) atoms. The van der Waals surface area contributed by atoms with Gasteiger partial charge in [-0.15, -0.1) is 26.3 Å². The molecule has 616 valence electrons. The van der Waals surface area contributed by atoms with Crippen molar-refractivity contribution >= 4 is 157 Å². The third-order valence-corrected chi connectivity index (χ3v) is 35.1. The van der Waals surface area contributed by atoms with Gasteiger partial charge in [0, 0.05) is 103 Å². The van der Waals surface area contributed by atoms with E-state index >= 15 is 0 Å². The molecule has 8 N–H and O–H groups in total. The van der Waals surface area contributed by atoms with E-state index in [1.807, 2.05) is 19.9 Å². The first-order valence-corrected chi connectivity index (χ1v) is 46.5. The van der Waals surface area contributed by atoms with E-state index in [1.165, 1.54) is 128 Å². The first-order chi connectivity index (χ1) is 54.7. The van der Waals surface area contributed by atoms with Crippen molar-refractivity contribution in [2.24, 2.45) is 0 Å². The predicted molar refractivity (Wildman–Crippen MR) is 439 cm³/mol. The van der Waals surface area contributed by atoms with Crippen molar-refractivity contribution < 1.29 is 81.1 Å². The standard InChI is InChI=1S/C23H18ClF2N5O3.C19H15BrClF2N3O3.C12H11BrN2O3.C7H6ClF2NO.C4H3N2.3C4H9.CH3F.CH4.Sn/c24-23(25,26)34-15-7-5-14(6-8-15)28-22(33)13-11-16(17-3-1-9-27-30-17)20-18(12-13)29-21-19(32)4-2-10-31(20)21;20-13-8-10(9-14-16(13)26-7-1-2-15(27)17(26)25-14)18(28)24-11-3-5-12(6-4-11)29-19(21,22)23;13-7-4-6(12(17)18)5-8-10(7)15-3-1-2-9(16)11(15)14-8;8-7(9,10)12-6-3-1-5(11)2-4-6;1-2-4-6-5-3-1;3*1-3-4-2;1-2;;/h1,3,5-9,11-12,19,32H,2,4,10H2,(H,28,33);3-6,8-9,15,27H,1-2,7H2,(H,24,28);4-5,9,16H,1-3H2,(H,17,18);1-4H,11H2;1-3H;3*1,3-4H2,2H3;1H3;1H4;/t19-;15-;9-;;;;;;;;/m111......../s1/i;;;;;;;;1D;;. The molecule has 0 saturated carbocycles. The van der Waals surface area contributed by atoms with Gasteiger partial charge in [0.15, 0.2) is 0 Å². The molecule has 6 aromatic carbocycles. The number of carbonyl (C=O) groups is 3. The summed E-state index contributed by atoms with van der Waals surface area (Å²) in [5.41, 5.74) is 1.58. The fourth-order valence-corrected chi connectivity index (χ4v) is 30.2. The number of alkyl halides is 10. The van der Waals surface area contributed by atoms with Crippen LogP contribution in [0.25, 0.3) is 44.4 Å². The number of nitrogens with two attached hydrogens (primary N) is 1. The van der Waals surface area contributed by atoms with Crippen molar-refractivity contribution in [3.05, 3.63) is 189 Å². The predicted octanol–water partition coefficient (Wildman–Crippen LogP) is 20.3. The number of carboxylic acid groups (broad SMARTS) is 1. The quantitative estimate of drug-likeness (QED) is 0.0143. The number of aliphatic hydroxyl groups is 3. The molecule has 0 fully saturated rings. The van der Waals surface area contributed by atoms with E-state index in [4.69, 9.17) is 35.4 Å². The van der Waals surface area contributed by atoms with Crippen LogP contribution in [-0.4, -0.2) is 129 Å². The molecule has 0 bridgehead atoms. The van der Waals surface area contributed by atoms with Crippen molar-refractivity contribution in [1.29, 1.82) is 0 Å². The Kier molecular flexibility index (Phi) is 33.1. The number of hydrogen-bond acceptors (Lipinski definition) is 17. The van der Waals surface area contributed by atoms with Gasteiger partial charge in [0.2, 0.25) is 0 Å². The Labute approximate surface area is 696 Å². The van der Waals surface area contributed by atoms with Crippen LogP contribution in [0.3, 0.4) is 0 Å². The summed E-state index contributed by atoms with van der Waals surface area (Å²) in [5, 5.41) is 61.8. The van der Waals surface area contributed by atoms with E-state index in [0.29, 0.717) is 108 Å². The number of ether oxygens (including phenoxy) is 3. The fraction of sp³-hybridized carbons (Fsp3) is 0.367. The van der Waals surface area contributed by atoms with Crippen LogP contribution in [-0.2, 0) is 19.6 Å². The van der Waals surface area contributed by atoms with E-state index in [2.05, 4.69) is 137 Å². The minimum atomic E-state index is -3.83. The molecule has 5 aromatic heterocycles. The Balaban J connectivity index is 0.000000186. The summed E-state index contributed by atoms with van der Waals surface area (Å²) in [6.07, 6.45) is 14.1. The van der Waals surface area contributed by atoms with Crippen molar-refractivity contribution in [1.82, 2.24) is 49.0 Å². The number of unbranched alkanes of at least 4 members (excludes halogenated alkanes) is 3. The van der Waals surface area contributed by atoms with Crippen molar-refractivity contribution in [2.45, 2.75) is 173 Å². The first-order valence-electron chi connectivity index (χ1n) is 37.0. The van der Waals surface area contributed by atoms with Crippen molar-refractivity contribution in [2.75, 3.05) is 23.5 Å². The van der Waals surface area contributed by atoms with Crippen LogP contribution in [0.4, 0.5) is 47.8 Å². The number of imidazole rings is 3. The van der Waals surface area contributed by atoms with Crippen LogP contribution >= 0.6 is 66.7 Å². The number of aryl methyl sites for hydroxylation is 3. The molecule has 0 spiro atoms. The van der Waals surface area contributed by atoms with Crippen LogP contribution in [0.2, 0.25) is 13.3 Å². The van der Waals surface area contributed by atoms with Gasteiger partial charge in [-0.25, -0.2) is 19.7 Å². The Morgan fingerprint density at radius 3 is 1.28 bits per heavy atom. The number of carboxylic acids is 1. The molecule has 3 atom stereocenters. The summed E-state index contributed by atoms with van der Waals surface area (Å²) in [6, 6.07) is 34.0. The number of fused-ring (bicyclic) bond motifs is 9. The largest absolute Gasteiger partial charge is 0.487 e. The minimum absolute atomic E-state index is 0. The number of anilines is 3. The molecule has 11 aromatic rings. The van der Waals surface area contributed by atoms with Gasteiger partial charge in [-0.2, -0.15) is 10.2 Å². The first kappa shape index (κ1) is 90.4. The molecule has 0 radical (unpaired) electrons. The molecule has 2 amide bonds. The Morgan fingerprint density at radius 2 is 0.913 bits per heavy atom. The number of amides is 2. The monoisotopic (exact) mass is 1890 g/mol. The number of nitrogens with one attached hydrogen (secondary N) is 2. The number of aliphatic hydroxyl groups excluding tert-OH is 3. The van der Waals surface area contributed by atoms with Gasteiger partial charge in [0.25, 0.3) is 11.8 Å². The molecule has 3 aliphatic heterocycles. The maximum atomic E-state index is 13.1. The summed E-state index contributed by atoms with van der Waals surface area (Å²) in [5.74, 6) is -0.342. The summed E-state index contributed by atoms with van der Waals surface area (Å²) < 4.78 is 116. The summed E-state index contributed by atoms with van der Waals surface area (Å²) in [4.78, 5) is 50.2. The SMILES string of the molecule is C.CCC[CH2][Sn]([CH2]CCC)([CH2]CCC)[c]1cccnn1.Nc1ccc(OC(F)(F)Cl)cc1.O=C(Nc1ccc(OC(F)(F)Cl)cc1)c1cc(-c2cccnn2)c2c(c1)nc1n2CCC[C@H]1O.O=C(Nc1ccc(OC(F)(F)Cl)cc1)c1cc(Br)c2c(c1)nc1n2CCC[C@H]1O.O=C(O)c1cc(Br)c2c(c1)nc1n2CCC[C@H]1O.[2H]CF. The van der Waals surface area contributed by atoms with Gasteiger partial charge >= 0.3 is 146 Å². The second-order valence-electron chi connectivity index (χ2n) is 26.7. The molecule has 0 unspecified atom stereocenters. The molecule has 0 aliphatic carbocycles. The minimum Gasteiger partial charge on any atom is -0.478 e. The number of halogens is 12. The number of aromatic carboxylic acids is 1. The van der Waals surface area contributed by atoms with Crippen LogP contribution < -0.4 is 34.3 Å². The smallest absolute Gasteiger partial charge is 0.478 e. The van der Waals surface area contributed by atoms with E-state index in [-0.39, 0.29) is 30.2 Å². The van der Waals surface area contributed by atoms with Crippen LogP contribution in [0.1, 0.15) is 173 Å². The fourth-order valence-electron chi connectivity index (χ4n) is 13.4. The Bertz CT molecular complexity index is 5050. The van der Waals surface area contributed by atoms with E-state index in [9.17, 15) is 60.4 Å². The molecular weight excluding hydrogens is 1810 g/mol. The molecule has 36 heteroatoms. The van der Waals surface area contributed by atoms with E-state index < -0.39 is 78.3 Å². The molecule has 0 saturated heterocycles. The number of carbonyl (C=O) groups excluding carboxylic acids is 2. The summed E-state index contributed by atoms with van der Waals surface area (Å²) in [7, 11) is -1.00. The van der Waals surface area contributed by atoms with Crippen LogP contribution in [0, 0.1) is 0 Å². The number of benzene rings is 6. The van der Waals surface area contributed by atoms with Gasteiger partial charge in [0.1, 0.15) is 53.0 Å². The van der Waals surface area contributed by atoms with Crippen molar-refractivity contribution in [3.8, 4) is 28.5 Å². The second kappa shape index (κ2) is 42.1. The number of aromatic nitrogens is 10. The maximum Gasteiger partial charge on any atom is 0.487 e. The topological polar surface area (TPSA) is 315 Å². The van der Waals surface area contributed by atoms with Gasteiger partial charge in [-0.1, -0.05) is 7.43 Å². The molecular formula is C79H87Br2Cl3F7N13O10Sn. The van der Waals surface area contributed by atoms with Crippen LogP contribution in [0.15, 0.2) is 155 Å². The van der Waals surface area contributed by atoms with E-state index in [0.717, 1.165) is 48.9 Å². The summed E-state index contributed by atoms with van der Waals surface area (Å²) in [6.45, 7) is 9.18. The molecule has 23 nitrogen and oxygen atoms in total. The third kappa shape index (κ3) is 25.3. The van der Waals surface area contributed by atoms with Gasteiger partial charge in [-0.3, -0.25) is 14.0 Å². The zero-order valence-corrected chi connectivity index (χ0v) is 70.1. The molecule has 8 heterocycles. The van der Waals surface area contributed by atoms with E-state index in [1.54, 1.807) is 54.7 Å². The van der Waals surface area contributed by atoms with Gasteiger partial charge in [0.05, 0.1) is 52.9 Å². The normalized spacial score (nSPS) is 15.0. The van der Waals surface area contributed by atoms with Crippen LogP contribution in [0.5, 0.6) is 17.2 Å². The second-order valence-corrected chi connectivity index (χ2v) is 42.7. The Morgan fingerprint density at radius 1 is 0.557 bits per heavy atom. The summed E-state index contributed by atoms with van der Waals surface area (Å²) >= 11 is 18.6. The number of nitrogen functional groups attached to an aromatic ring is 1. The van der Waals surface area contributed by atoms with Gasteiger partial charge < -0.3 is 64.7 Å². The zero-order chi connectivity index (χ0) is 83.4. The maximum absolute atomic E-state index is 13.1. The Hall–Kier alpha value is -8.48. The van der Waals surface area contributed by atoms with Crippen molar-refractivity contribution in [3.63, 3.8) is 0 Å². The zero-order valence-electron chi connectivity index (χ0n) is 62.8. The third-order valence-electron chi connectivity index (χ3n) is 18.6.